The van der Waals surface area contributed by atoms with Crippen molar-refractivity contribution in [1.29, 1.82) is 0 Å². The van der Waals surface area contributed by atoms with Crippen molar-refractivity contribution in [3.05, 3.63) is 23.7 Å². The topological polar surface area (TPSA) is 51.6 Å². The molecule has 1 aliphatic heterocycles. The largest absolute Gasteiger partial charge is 0.464 e. The molecule has 1 aromatic rings. The molecule has 0 aromatic carbocycles. The number of nitrogens with zero attached hydrogens (tertiary/aromatic N) is 1. The Hall–Kier alpha value is -0.840. The van der Waals surface area contributed by atoms with Crippen molar-refractivity contribution >= 4 is 0 Å². The zero-order chi connectivity index (χ0) is 12.5. The number of ether oxygens (including phenoxy) is 1. The maximum Gasteiger partial charge on any atom is 0.122 e. The van der Waals surface area contributed by atoms with Crippen LogP contribution in [0.4, 0.5) is 0 Å². The summed E-state index contributed by atoms with van der Waals surface area (Å²) in [4.78, 5) is 2.36. The summed E-state index contributed by atoms with van der Waals surface area (Å²) in [6, 6.07) is 4.44. The molecular weight excluding hydrogens is 228 g/mol. The van der Waals surface area contributed by atoms with Crippen LogP contribution in [0.2, 0.25) is 0 Å². The van der Waals surface area contributed by atoms with Crippen molar-refractivity contribution in [1.82, 2.24) is 4.90 Å². The lowest BCUT2D eigenvalue weighted by atomic mass is 10.2. The Morgan fingerprint density at radius 3 is 2.72 bits per heavy atom. The Morgan fingerprint density at radius 2 is 2.11 bits per heavy atom. The van der Waals surface area contributed by atoms with Gasteiger partial charge >= 0.3 is 0 Å². The van der Waals surface area contributed by atoms with Gasteiger partial charge in [0.1, 0.15) is 11.5 Å². The third-order valence-electron chi connectivity index (χ3n) is 4.16. The summed E-state index contributed by atoms with van der Waals surface area (Å²) < 4.78 is 11.4. The van der Waals surface area contributed by atoms with Crippen molar-refractivity contribution in [2.24, 2.45) is 11.7 Å². The summed E-state index contributed by atoms with van der Waals surface area (Å²) >= 11 is 0. The molecule has 3 rings (SSSR count). The fourth-order valence-corrected chi connectivity index (χ4v) is 2.80. The minimum absolute atomic E-state index is 0.205. The molecule has 1 aliphatic carbocycles. The van der Waals surface area contributed by atoms with Crippen molar-refractivity contribution in [3.8, 4) is 0 Å². The van der Waals surface area contributed by atoms with Gasteiger partial charge in [-0.1, -0.05) is 6.92 Å². The van der Waals surface area contributed by atoms with Gasteiger partial charge in [0.05, 0.1) is 19.3 Å². The first-order chi connectivity index (χ1) is 8.79. The van der Waals surface area contributed by atoms with Crippen LogP contribution in [0.15, 0.2) is 16.5 Å². The lowest BCUT2D eigenvalue weighted by molar-refractivity contribution is 0.0133. The Labute approximate surface area is 108 Å². The second-order valence-corrected chi connectivity index (χ2v) is 5.46. The highest BCUT2D eigenvalue weighted by Gasteiger charge is 2.37. The number of furan rings is 1. The number of morpholine rings is 1. The number of rotatable bonds is 4. The zero-order valence-corrected chi connectivity index (χ0v) is 11.0. The molecule has 1 saturated carbocycles. The van der Waals surface area contributed by atoms with E-state index in [1.165, 1.54) is 6.42 Å². The van der Waals surface area contributed by atoms with Crippen molar-refractivity contribution in [3.63, 3.8) is 0 Å². The second-order valence-electron chi connectivity index (χ2n) is 5.46. The number of nitrogens with two attached hydrogens (primary N) is 1. The lowest BCUT2D eigenvalue weighted by Gasteiger charge is -2.32. The second kappa shape index (κ2) is 5.03. The Balaban J connectivity index is 1.72. The van der Waals surface area contributed by atoms with Gasteiger partial charge in [0.15, 0.2) is 0 Å². The summed E-state index contributed by atoms with van der Waals surface area (Å²) in [6.45, 7) is 6.35. The summed E-state index contributed by atoms with van der Waals surface area (Å²) in [6.07, 6.45) is 1.26. The molecule has 1 saturated heterocycles. The average molecular weight is 250 g/mol. The normalized spacial score (nSPS) is 30.3. The van der Waals surface area contributed by atoms with E-state index >= 15 is 0 Å². The van der Waals surface area contributed by atoms with E-state index in [0.29, 0.717) is 12.5 Å². The van der Waals surface area contributed by atoms with Gasteiger partial charge in [0.25, 0.3) is 0 Å². The van der Waals surface area contributed by atoms with Gasteiger partial charge in [0, 0.05) is 25.6 Å². The Morgan fingerprint density at radius 1 is 1.39 bits per heavy atom. The van der Waals surface area contributed by atoms with Gasteiger partial charge in [-0.25, -0.2) is 0 Å². The molecule has 2 aliphatic rings. The fraction of sp³-hybridized carbons (Fsp3) is 0.714. The summed E-state index contributed by atoms with van der Waals surface area (Å²) in [7, 11) is 0. The molecule has 100 valence electrons. The molecule has 2 N–H and O–H groups in total. The molecule has 4 nitrogen and oxygen atoms in total. The molecule has 18 heavy (non-hydrogen) atoms. The number of hydrogen-bond acceptors (Lipinski definition) is 4. The predicted octanol–water partition coefficient (Wildman–Crippen LogP) is 1.74. The smallest absolute Gasteiger partial charge is 0.122 e. The molecule has 3 atom stereocenters. The van der Waals surface area contributed by atoms with Crippen LogP contribution < -0.4 is 5.73 Å². The molecule has 0 spiro atoms. The SMILES string of the molecule is CC1CC1c1ccc(C(CN)N2CCOCC2)o1. The van der Waals surface area contributed by atoms with Crippen LogP contribution in [-0.4, -0.2) is 37.7 Å². The van der Waals surface area contributed by atoms with E-state index in [1.54, 1.807) is 0 Å². The average Bonchev–Trinajstić information content (AvgIpc) is 2.94. The monoisotopic (exact) mass is 250 g/mol. The zero-order valence-electron chi connectivity index (χ0n) is 11.0. The standard InChI is InChI=1S/C14H22N2O2/c1-10-8-11(10)13-2-3-14(18-13)12(9-15)16-4-6-17-7-5-16/h2-3,10-12H,4-9,15H2,1H3. The first-order valence-electron chi connectivity index (χ1n) is 6.91. The van der Waals surface area contributed by atoms with Crippen LogP contribution in [0.1, 0.15) is 36.8 Å². The van der Waals surface area contributed by atoms with E-state index in [2.05, 4.69) is 24.0 Å². The molecule has 3 unspecified atom stereocenters. The highest BCUT2D eigenvalue weighted by molar-refractivity contribution is 5.19. The van der Waals surface area contributed by atoms with E-state index in [1.807, 2.05) is 0 Å². The third kappa shape index (κ3) is 2.32. The van der Waals surface area contributed by atoms with Crippen LogP contribution in [-0.2, 0) is 4.74 Å². The van der Waals surface area contributed by atoms with E-state index in [-0.39, 0.29) is 6.04 Å². The first-order valence-corrected chi connectivity index (χ1v) is 6.91. The Bertz CT molecular complexity index is 398. The van der Waals surface area contributed by atoms with Gasteiger partial charge in [-0.2, -0.15) is 0 Å². The third-order valence-corrected chi connectivity index (χ3v) is 4.16. The summed E-state index contributed by atoms with van der Waals surface area (Å²) in [5, 5.41) is 0. The van der Waals surface area contributed by atoms with Crippen LogP contribution in [0.25, 0.3) is 0 Å². The molecule has 1 aromatic heterocycles. The van der Waals surface area contributed by atoms with Gasteiger partial charge in [-0.15, -0.1) is 0 Å². The van der Waals surface area contributed by atoms with Gasteiger partial charge < -0.3 is 14.9 Å². The molecular formula is C14H22N2O2. The van der Waals surface area contributed by atoms with Crippen molar-refractivity contribution in [2.75, 3.05) is 32.8 Å². The first kappa shape index (κ1) is 12.2. The lowest BCUT2D eigenvalue weighted by Crippen LogP contribution is -2.41. The van der Waals surface area contributed by atoms with Gasteiger partial charge in [-0.05, 0) is 24.5 Å². The summed E-state index contributed by atoms with van der Waals surface area (Å²) in [5.41, 5.74) is 5.92. The van der Waals surface area contributed by atoms with E-state index in [9.17, 15) is 0 Å². The molecule has 4 heteroatoms. The minimum Gasteiger partial charge on any atom is -0.464 e. The Kier molecular flexibility index (Phi) is 3.41. The van der Waals surface area contributed by atoms with E-state index in [4.69, 9.17) is 14.9 Å². The molecule has 2 fully saturated rings. The van der Waals surface area contributed by atoms with Crippen LogP contribution in [0.5, 0.6) is 0 Å². The van der Waals surface area contributed by atoms with Crippen molar-refractivity contribution < 1.29 is 9.15 Å². The molecule has 0 amide bonds. The van der Waals surface area contributed by atoms with Gasteiger partial charge in [0.2, 0.25) is 0 Å². The van der Waals surface area contributed by atoms with Crippen LogP contribution in [0.3, 0.4) is 0 Å². The predicted molar refractivity (Wildman–Crippen MR) is 69.4 cm³/mol. The maximum absolute atomic E-state index is 6.02. The molecule has 0 bridgehead atoms. The number of hydrogen-bond donors (Lipinski definition) is 1. The van der Waals surface area contributed by atoms with Crippen molar-refractivity contribution in [2.45, 2.75) is 25.3 Å². The van der Waals surface area contributed by atoms with Crippen LogP contribution in [0, 0.1) is 5.92 Å². The van der Waals surface area contributed by atoms with Gasteiger partial charge in [-0.3, -0.25) is 4.90 Å². The fourth-order valence-electron chi connectivity index (χ4n) is 2.80. The van der Waals surface area contributed by atoms with E-state index < -0.39 is 0 Å². The highest BCUT2D eigenvalue weighted by Crippen LogP contribution is 2.47. The summed E-state index contributed by atoms with van der Waals surface area (Å²) in [5.74, 6) is 3.59. The molecule has 2 heterocycles. The highest BCUT2D eigenvalue weighted by atomic mass is 16.5. The maximum atomic E-state index is 6.02. The minimum atomic E-state index is 0.205. The quantitative estimate of drug-likeness (QED) is 0.884. The van der Waals surface area contributed by atoms with E-state index in [0.717, 1.165) is 43.7 Å². The molecule has 0 radical (unpaired) electrons. The van der Waals surface area contributed by atoms with Crippen LogP contribution >= 0.6 is 0 Å².